The Labute approximate surface area is 137 Å². The zero-order valence-corrected chi connectivity index (χ0v) is 13.4. The van der Waals surface area contributed by atoms with Crippen molar-refractivity contribution in [3.8, 4) is 0 Å². The van der Waals surface area contributed by atoms with Gasteiger partial charge in [0, 0.05) is 21.8 Å². The molecular weight excluding hydrogens is 316 g/mol. The number of azide groups is 1. The molecular formula is C15H16N4O3S. The van der Waals surface area contributed by atoms with E-state index in [0.29, 0.717) is 0 Å². The summed E-state index contributed by atoms with van der Waals surface area (Å²) >= 11 is 1.69. The standard InChI is InChI=1S/C15H16N4O3S/c1-15(8-23-9-15)12(17-18-16)13(20)19-11(7-22-14(19)21)10-5-3-2-4-6-10/h2-6,11-12H,7-9H2,1H3/t11-,12-/m1/s1. The molecule has 2 aliphatic rings. The smallest absolute Gasteiger partial charge is 0.417 e. The van der Waals surface area contributed by atoms with E-state index in [-0.39, 0.29) is 6.61 Å². The lowest BCUT2D eigenvalue weighted by molar-refractivity contribution is -0.132. The number of imide groups is 1. The maximum atomic E-state index is 12.9. The monoisotopic (exact) mass is 332 g/mol. The number of amides is 2. The molecule has 23 heavy (non-hydrogen) atoms. The molecule has 0 saturated carbocycles. The second-order valence-corrected chi connectivity index (χ2v) is 6.95. The largest absolute Gasteiger partial charge is 0.446 e. The molecule has 0 unspecified atom stereocenters. The minimum atomic E-state index is -0.898. The van der Waals surface area contributed by atoms with Crippen LogP contribution in [0.1, 0.15) is 18.5 Å². The normalized spacial score (nSPS) is 23.4. The number of carbonyl (C=O) groups excluding carboxylic acids is 2. The average molecular weight is 332 g/mol. The molecule has 2 fully saturated rings. The Morgan fingerprint density at radius 2 is 2.17 bits per heavy atom. The van der Waals surface area contributed by atoms with Crippen molar-refractivity contribution in [1.82, 2.24) is 4.90 Å². The van der Waals surface area contributed by atoms with Gasteiger partial charge in [-0.3, -0.25) is 4.79 Å². The van der Waals surface area contributed by atoms with Gasteiger partial charge in [-0.1, -0.05) is 42.4 Å². The van der Waals surface area contributed by atoms with Gasteiger partial charge in [-0.05, 0) is 11.1 Å². The Kier molecular flexibility index (Phi) is 4.19. The van der Waals surface area contributed by atoms with Gasteiger partial charge in [0.05, 0.1) is 0 Å². The summed E-state index contributed by atoms with van der Waals surface area (Å²) in [6.07, 6.45) is -0.683. The zero-order valence-electron chi connectivity index (χ0n) is 12.6. The van der Waals surface area contributed by atoms with Gasteiger partial charge in [-0.2, -0.15) is 11.8 Å². The first-order chi connectivity index (χ1) is 11.1. The number of ether oxygens (including phenoxy) is 1. The van der Waals surface area contributed by atoms with E-state index in [0.717, 1.165) is 22.0 Å². The van der Waals surface area contributed by atoms with Gasteiger partial charge in [0.2, 0.25) is 5.91 Å². The Balaban J connectivity index is 1.91. The molecule has 0 aliphatic carbocycles. The van der Waals surface area contributed by atoms with Crippen LogP contribution in [-0.4, -0.2) is 41.1 Å². The maximum Gasteiger partial charge on any atom is 0.417 e. The summed E-state index contributed by atoms with van der Waals surface area (Å²) in [5.41, 5.74) is 9.23. The van der Waals surface area contributed by atoms with E-state index in [1.165, 1.54) is 0 Å². The topological polar surface area (TPSA) is 95.4 Å². The molecule has 120 valence electrons. The molecule has 2 saturated heterocycles. The van der Waals surface area contributed by atoms with E-state index in [1.54, 1.807) is 11.8 Å². The molecule has 0 spiro atoms. The molecule has 8 heteroatoms. The van der Waals surface area contributed by atoms with Gasteiger partial charge < -0.3 is 4.74 Å². The molecule has 0 radical (unpaired) electrons. The summed E-state index contributed by atoms with van der Waals surface area (Å²) in [5, 5.41) is 3.69. The number of carbonyl (C=O) groups is 2. The van der Waals surface area contributed by atoms with Crippen LogP contribution in [0, 0.1) is 5.41 Å². The lowest BCUT2D eigenvalue weighted by atomic mass is 9.84. The highest BCUT2D eigenvalue weighted by Crippen LogP contribution is 2.43. The number of benzene rings is 1. The van der Waals surface area contributed by atoms with Gasteiger partial charge >= 0.3 is 6.09 Å². The predicted octanol–water partition coefficient (Wildman–Crippen LogP) is 3.14. The first kappa shape index (κ1) is 15.7. The first-order valence-electron chi connectivity index (χ1n) is 7.23. The summed E-state index contributed by atoms with van der Waals surface area (Å²) in [7, 11) is 0. The Hall–Kier alpha value is -2.18. The first-order valence-corrected chi connectivity index (χ1v) is 8.39. The minimum Gasteiger partial charge on any atom is -0.446 e. The summed E-state index contributed by atoms with van der Waals surface area (Å²) in [6, 6.07) is 7.86. The Bertz CT molecular complexity index is 671. The predicted molar refractivity (Wildman–Crippen MR) is 85.7 cm³/mol. The molecule has 0 N–H and O–H groups in total. The van der Waals surface area contributed by atoms with Crippen molar-refractivity contribution in [3.63, 3.8) is 0 Å². The van der Waals surface area contributed by atoms with Crippen LogP contribution in [0.5, 0.6) is 0 Å². The van der Waals surface area contributed by atoms with Crippen LogP contribution < -0.4 is 0 Å². The van der Waals surface area contributed by atoms with Crippen molar-refractivity contribution in [2.24, 2.45) is 10.5 Å². The quantitative estimate of drug-likeness (QED) is 0.481. The highest BCUT2D eigenvalue weighted by Gasteiger charge is 2.49. The van der Waals surface area contributed by atoms with Crippen molar-refractivity contribution in [3.05, 3.63) is 46.3 Å². The maximum absolute atomic E-state index is 12.9. The van der Waals surface area contributed by atoms with E-state index < -0.39 is 29.5 Å². The van der Waals surface area contributed by atoms with Crippen LogP contribution >= 0.6 is 11.8 Å². The van der Waals surface area contributed by atoms with Crippen LogP contribution in [0.2, 0.25) is 0 Å². The van der Waals surface area contributed by atoms with Crippen LogP contribution in [-0.2, 0) is 9.53 Å². The second-order valence-electron chi connectivity index (χ2n) is 5.97. The molecule has 2 heterocycles. The summed E-state index contributed by atoms with van der Waals surface area (Å²) in [4.78, 5) is 28.9. The lowest BCUT2D eigenvalue weighted by Crippen LogP contribution is -2.52. The van der Waals surface area contributed by atoms with Crippen LogP contribution in [0.3, 0.4) is 0 Å². The molecule has 0 bridgehead atoms. The highest BCUT2D eigenvalue weighted by molar-refractivity contribution is 8.00. The van der Waals surface area contributed by atoms with E-state index in [9.17, 15) is 9.59 Å². The molecule has 2 atom stereocenters. The highest BCUT2D eigenvalue weighted by atomic mass is 32.2. The summed E-state index contributed by atoms with van der Waals surface area (Å²) < 4.78 is 5.07. The van der Waals surface area contributed by atoms with E-state index in [2.05, 4.69) is 10.0 Å². The Morgan fingerprint density at radius 1 is 1.48 bits per heavy atom. The van der Waals surface area contributed by atoms with Crippen molar-refractivity contribution >= 4 is 23.8 Å². The van der Waals surface area contributed by atoms with Crippen LogP contribution in [0.25, 0.3) is 10.4 Å². The zero-order chi connectivity index (χ0) is 16.4. The van der Waals surface area contributed by atoms with Gasteiger partial charge in [0.25, 0.3) is 0 Å². The van der Waals surface area contributed by atoms with E-state index in [1.807, 2.05) is 37.3 Å². The van der Waals surface area contributed by atoms with Crippen molar-refractivity contribution in [2.75, 3.05) is 18.1 Å². The van der Waals surface area contributed by atoms with E-state index in [4.69, 9.17) is 10.3 Å². The molecule has 2 amide bonds. The summed E-state index contributed by atoms with van der Waals surface area (Å²) in [5.74, 6) is 0.963. The molecule has 3 rings (SSSR count). The molecule has 2 aliphatic heterocycles. The minimum absolute atomic E-state index is 0.114. The third-order valence-corrected chi connectivity index (χ3v) is 5.95. The molecule has 1 aromatic rings. The number of nitrogens with zero attached hydrogens (tertiary/aromatic N) is 4. The average Bonchev–Trinajstić information content (AvgIpc) is 2.92. The third-order valence-electron chi connectivity index (χ3n) is 4.22. The SMILES string of the molecule is CC1([C@H](N=[N+]=[N-])C(=O)N2C(=O)OC[C@@H]2c2ccccc2)CSC1. The number of thioether (sulfide) groups is 1. The fourth-order valence-corrected chi connectivity index (χ4v) is 4.00. The van der Waals surface area contributed by atoms with E-state index >= 15 is 0 Å². The fraction of sp³-hybridized carbons (Fsp3) is 0.467. The molecule has 0 aromatic heterocycles. The van der Waals surface area contributed by atoms with Crippen molar-refractivity contribution in [2.45, 2.75) is 19.0 Å². The number of hydrogen-bond acceptors (Lipinski definition) is 5. The number of cyclic esters (lactones) is 1. The van der Waals surface area contributed by atoms with Gasteiger partial charge in [-0.25, -0.2) is 9.69 Å². The number of rotatable bonds is 4. The lowest BCUT2D eigenvalue weighted by Gasteiger charge is -2.42. The number of hydrogen-bond donors (Lipinski definition) is 0. The van der Waals surface area contributed by atoms with Gasteiger partial charge in [0.1, 0.15) is 18.7 Å². The van der Waals surface area contributed by atoms with Crippen molar-refractivity contribution in [1.29, 1.82) is 0 Å². The van der Waals surface area contributed by atoms with Gasteiger partial charge in [-0.15, -0.1) is 0 Å². The van der Waals surface area contributed by atoms with Crippen molar-refractivity contribution < 1.29 is 14.3 Å². The van der Waals surface area contributed by atoms with Gasteiger partial charge in [0.15, 0.2) is 0 Å². The van der Waals surface area contributed by atoms with Crippen LogP contribution in [0.4, 0.5) is 4.79 Å². The third kappa shape index (κ3) is 2.75. The van der Waals surface area contributed by atoms with Crippen LogP contribution in [0.15, 0.2) is 35.4 Å². The summed E-state index contributed by atoms with van der Waals surface area (Å²) in [6.45, 7) is 2.02. The molecule has 1 aromatic carbocycles. The second kappa shape index (κ2) is 6.14. The fourth-order valence-electron chi connectivity index (χ4n) is 2.84. The molecule has 7 nitrogen and oxygen atoms in total. The Morgan fingerprint density at radius 3 is 2.74 bits per heavy atom.